The predicted molar refractivity (Wildman–Crippen MR) is 67.2 cm³/mol. The molecule has 0 aliphatic heterocycles. The molecule has 0 saturated heterocycles. The Morgan fingerprint density at radius 1 is 1.47 bits per heavy atom. The fourth-order valence-electron chi connectivity index (χ4n) is 1.63. The molecule has 0 amide bonds. The monoisotopic (exact) mass is 251 g/mol. The lowest BCUT2D eigenvalue weighted by atomic mass is 10.1. The van der Waals surface area contributed by atoms with Gasteiger partial charge < -0.3 is 15.0 Å². The summed E-state index contributed by atoms with van der Waals surface area (Å²) >= 11 is 5.97. The fourth-order valence-corrected chi connectivity index (χ4v) is 1.83. The minimum absolute atomic E-state index is 0.276. The first-order valence-corrected chi connectivity index (χ1v) is 5.56. The molecule has 2 N–H and O–H groups in total. The summed E-state index contributed by atoms with van der Waals surface area (Å²) in [5.41, 5.74) is 7.87. The Bertz CT molecular complexity index is 524. The highest BCUT2D eigenvalue weighted by Gasteiger charge is 2.13. The molecule has 0 saturated carbocycles. The summed E-state index contributed by atoms with van der Waals surface area (Å²) in [5.74, 6) is 0.621. The van der Waals surface area contributed by atoms with Gasteiger partial charge in [0.25, 0.3) is 0 Å². The van der Waals surface area contributed by atoms with Crippen LogP contribution in [0.1, 0.15) is 17.3 Å². The van der Waals surface area contributed by atoms with Gasteiger partial charge in [-0.25, -0.2) is 4.98 Å². The molecule has 5 heteroatoms. The highest BCUT2D eigenvalue weighted by Crippen LogP contribution is 2.28. The summed E-state index contributed by atoms with van der Waals surface area (Å²) in [6.45, 7) is 0. The maximum absolute atomic E-state index is 6.13. The van der Waals surface area contributed by atoms with Gasteiger partial charge in [0.2, 0.25) is 0 Å². The van der Waals surface area contributed by atoms with Crippen LogP contribution in [-0.4, -0.2) is 16.7 Å². The molecule has 0 spiro atoms. The van der Waals surface area contributed by atoms with E-state index in [-0.39, 0.29) is 6.04 Å². The Kier molecular flexibility index (Phi) is 3.36. The lowest BCUT2D eigenvalue weighted by Crippen LogP contribution is -2.12. The van der Waals surface area contributed by atoms with E-state index in [2.05, 4.69) is 4.98 Å². The number of hydrogen-bond acceptors (Lipinski definition) is 3. The van der Waals surface area contributed by atoms with E-state index < -0.39 is 0 Å². The van der Waals surface area contributed by atoms with E-state index in [0.717, 1.165) is 11.3 Å². The fraction of sp³-hybridized carbons (Fsp3) is 0.250. The number of aryl methyl sites for hydroxylation is 1. The van der Waals surface area contributed by atoms with Gasteiger partial charge in [-0.2, -0.15) is 0 Å². The van der Waals surface area contributed by atoms with Crippen LogP contribution in [0, 0.1) is 0 Å². The number of aromatic nitrogens is 2. The molecule has 4 nitrogen and oxygen atoms in total. The number of nitrogens with two attached hydrogens (primary N) is 1. The van der Waals surface area contributed by atoms with Crippen molar-refractivity contribution in [1.82, 2.24) is 9.55 Å². The molecule has 0 radical (unpaired) electrons. The van der Waals surface area contributed by atoms with E-state index in [0.29, 0.717) is 10.8 Å². The Labute approximate surface area is 105 Å². The molecule has 0 aliphatic rings. The maximum Gasteiger partial charge on any atom is 0.137 e. The zero-order chi connectivity index (χ0) is 12.4. The third-order valence-corrected chi connectivity index (χ3v) is 2.89. The Morgan fingerprint density at radius 2 is 2.24 bits per heavy atom. The molecule has 0 fully saturated rings. The van der Waals surface area contributed by atoms with Gasteiger partial charge in [-0.05, 0) is 17.7 Å². The first-order chi connectivity index (χ1) is 8.11. The number of imidazole rings is 1. The van der Waals surface area contributed by atoms with E-state index in [9.17, 15) is 0 Å². The highest BCUT2D eigenvalue weighted by molar-refractivity contribution is 6.32. The summed E-state index contributed by atoms with van der Waals surface area (Å²) in [6, 6.07) is 5.21. The molecule has 0 aliphatic carbocycles. The second-order valence-corrected chi connectivity index (χ2v) is 4.24. The summed E-state index contributed by atoms with van der Waals surface area (Å²) < 4.78 is 7.03. The molecular weight excluding hydrogens is 238 g/mol. The number of methoxy groups -OCH3 is 1. The number of rotatable bonds is 3. The largest absolute Gasteiger partial charge is 0.495 e. The predicted octanol–water partition coefficient (Wildman–Crippen LogP) is 2.13. The first kappa shape index (κ1) is 12.0. The summed E-state index contributed by atoms with van der Waals surface area (Å²) in [5, 5.41) is 0.574. The second-order valence-electron chi connectivity index (χ2n) is 3.84. The number of hydrogen-bond donors (Lipinski definition) is 1. The minimum Gasteiger partial charge on any atom is -0.495 e. The van der Waals surface area contributed by atoms with Crippen molar-refractivity contribution in [2.75, 3.05) is 7.11 Å². The second kappa shape index (κ2) is 4.77. The summed E-state index contributed by atoms with van der Waals surface area (Å²) in [4.78, 5) is 4.23. The van der Waals surface area contributed by atoms with Crippen molar-refractivity contribution in [2.45, 2.75) is 6.04 Å². The molecule has 90 valence electrons. The normalized spacial score (nSPS) is 12.5. The zero-order valence-electron chi connectivity index (χ0n) is 9.72. The van der Waals surface area contributed by atoms with Gasteiger partial charge in [-0.15, -0.1) is 0 Å². The molecule has 1 atom stereocenters. The van der Waals surface area contributed by atoms with Gasteiger partial charge >= 0.3 is 0 Å². The average molecular weight is 252 g/mol. The molecule has 1 aromatic heterocycles. The summed E-state index contributed by atoms with van der Waals surface area (Å²) in [7, 11) is 3.49. The lowest BCUT2D eigenvalue weighted by Gasteiger charge is -2.11. The van der Waals surface area contributed by atoms with Crippen molar-refractivity contribution in [3.63, 3.8) is 0 Å². The first-order valence-electron chi connectivity index (χ1n) is 5.18. The van der Waals surface area contributed by atoms with Crippen LogP contribution in [0.15, 0.2) is 30.7 Å². The van der Waals surface area contributed by atoms with Crippen molar-refractivity contribution in [3.05, 3.63) is 47.0 Å². The number of benzene rings is 1. The van der Waals surface area contributed by atoms with Gasteiger partial charge in [-0.1, -0.05) is 17.7 Å². The third-order valence-electron chi connectivity index (χ3n) is 2.58. The van der Waals surface area contributed by atoms with Crippen molar-refractivity contribution in [3.8, 4) is 5.75 Å². The Morgan fingerprint density at radius 3 is 2.82 bits per heavy atom. The number of ether oxygens (including phenoxy) is 1. The smallest absolute Gasteiger partial charge is 0.137 e. The maximum atomic E-state index is 6.13. The minimum atomic E-state index is -0.276. The molecule has 1 unspecified atom stereocenters. The average Bonchev–Trinajstić information content (AvgIpc) is 2.75. The van der Waals surface area contributed by atoms with Crippen LogP contribution in [0.5, 0.6) is 5.75 Å². The van der Waals surface area contributed by atoms with Crippen molar-refractivity contribution >= 4 is 11.6 Å². The van der Waals surface area contributed by atoms with Crippen LogP contribution >= 0.6 is 11.6 Å². The van der Waals surface area contributed by atoms with E-state index in [4.69, 9.17) is 22.1 Å². The van der Waals surface area contributed by atoms with Gasteiger partial charge in [0.05, 0.1) is 30.2 Å². The molecule has 1 aromatic carbocycles. The van der Waals surface area contributed by atoms with Gasteiger partial charge in [0.1, 0.15) is 5.75 Å². The SMILES string of the molecule is COc1cc(C(N)c2cn(C)cn2)ccc1Cl. The lowest BCUT2D eigenvalue weighted by molar-refractivity contribution is 0.414. The third kappa shape index (κ3) is 2.43. The molecule has 17 heavy (non-hydrogen) atoms. The molecule has 1 heterocycles. The number of halogens is 1. The van der Waals surface area contributed by atoms with E-state index in [1.165, 1.54) is 0 Å². The quantitative estimate of drug-likeness (QED) is 0.909. The van der Waals surface area contributed by atoms with E-state index in [1.54, 1.807) is 19.5 Å². The van der Waals surface area contributed by atoms with E-state index in [1.807, 2.05) is 29.9 Å². The van der Waals surface area contributed by atoms with Crippen molar-refractivity contribution in [1.29, 1.82) is 0 Å². The van der Waals surface area contributed by atoms with Crippen LogP contribution in [0.25, 0.3) is 0 Å². The van der Waals surface area contributed by atoms with Gasteiger partial charge in [-0.3, -0.25) is 0 Å². The van der Waals surface area contributed by atoms with Gasteiger partial charge in [0.15, 0.2) is 0 Å². The standard InChI is InChI=1S/C12H14ClN3O/c1-16-6-10(15-7-16)12(14)8-3-4-9(13)11(5-8)17-2/h3-7,12H,14H2,1-2H3. The topological polar surface area (TPSA) is 53.1 Å². The zero-order valence-corrected chi connectivity index (χ0v) is 10.5. The van der Waals surface area contributed by atoms with Crippen molar-refractivity contribution in [2.24, 2.45) is 12.8 Å². The highest BCUT2D eigenvalue weighted by atomic mass is 35.5. The van der Waals surface area contributed by atoms with Gasteiger partial charge in [0, 0.05) is 13.2 Å². The number of nitrogens with zero attached hydrogens (tertiary/aromatic N) is 2. The molecular formula is C12H14ClN3O. The van der Waals surface area contributed by atoms with E-state index >= 15 is 0 Å². The molecule has 2 aromatic rings. The molecule has 2 rings (SSSR count). The Balaban J connectivity index is 2.34. The summed E-state index contributed by atoms with van der Waals surface area (Å²) in [6.07, 6.45) is 3.62. The van der Waals surface area contributed by atoms with Crippen LogP contribution < -0.4 is 10.5 Å². The molecule has 0 bridgehead atoms. The van der Waals surface area contributed by atoms with Crippen LogP contribution in [0.4, 0.5) is 0 Å². The van der Waals surface area contributed by atoms with Crippen LogP contribution in [-0.2, 0) is 7.05 Å². The van der Waals surface area contributed by atoms with Crippen LogP contribution in [0.2, 0.25) is 5.02 Å². The van der Waals surface area contributed by atoms with Crippen LogP contribution in [0.3, 0.4) is 0 Å². The van der Waals surface area contributed by atoms with Crippen molar-refractivity contribution < 1.29 is 4.74 Å². The Hall–Kier alpha value is -1.52.